The van der Waals surface area contributed by atoms with Gasteiger partial charge in [0.15, 0.2) is 0 Å². The van der Waals surface area contributed by atoms with Gasteiger partial charge in [0, 0.05) is 68.2 Å². The molecule has 206 valence electrons. The lowest BCUT2D eigenvalue weighted by Crippen LogP contribution is -2.48. The van der Waals surface area contributed by atoms with Gasteiger partial charge in [-0.15, -0.1) is 0 Å². The Morgan fingerprint density at radius 3 is 2.32 bits per heavy atom. The molecule has 0 spiro atoms. The zero-order valence-corrected chi connectivity index (χ0v) is 22.7. The van der Waals surface area contributed by atoms with Crippen molar-refractivity contribution < 1.29 is 13.9 Å². The summed E-state index contributed by atoms with van der Waals surface area (Å²) >= 11 is 0. The third kappa shape index (κ3) is 6.00. The summed E-state index contributed by atoms with van der Waals surface area (Å²) < 4.78 is 28.4. The van der Waals surface area contributed by atoms with Gasteiger partial charge in [0.1, 0.15) is 5.65 Å². The van der Waals surface area contributed by atoms with Crippen molar-refractivity contribution in [3.63, 3.8) is 0 Å². The van der Waals surface area contributed by atoms with Crippen LogP contribution in [0.4, 0.5) is 14.7 Å². The third-order valence-corrected chi connectivity index (χ3v) is 8.17. The molecule has 3 aromatic rings. The maximum atomic E-state index is 13.1. The van der Waals surface area contributed by atoms with Crippen LogP contribution >= 0.6 is 0 Å². The first-order chi connectivity index (χ1) is 18.3. The Labute approximate surface area is 223 Å². The molecule has 2 aliphatic rings. The number of benzene rings is 1. The average Bonchev–Trinajstić information content (AvgIpc) is 3.28. The van der Waals surface area contributed by atoms with E-state index in [1.54, 1.807) is 6.20 Å². The van der Waals surface area contributed by atoms with Crippen molar-refractivity contribution >= 4 is 17.0 Å². The van der Waals surface area contributed by atoms with E-state index in [1.165, 1.54) is 12.5 Å². The van der Waals surface area contributed by atoms with Crippen molar-refractivity contribution in [2.45, 2.75) is 83.7 Å². The molecule has 2 fully saturated rings. The topological polar surface area (TPSA) is 69.5 Å². The Balaban J connectivity index is 1.39. The van der Waals surface area contributed by atoms with Crippen LogP contribution in [0.3, 0.4) is 0 Å². The van der Waals surface area contributed by atoms with Crippen LogP contribution in [-0.2, 0) is 6.54 Å². The summed E-state index contributed by atoms with van der Waals surface area (Å²) in [5.41, 5.74) is 4.16. The van der Waals surface area contributed by atoms with Crippen LogP contribution in [0.25, 0.3) is 22.2 Å². The van der Waals surface area contributed by atoms with Crippen molar-refractivity contribution in [3.05, 3.63) is 42.2 Å². The zero-order valence-electron chi connectivity index (χ0n) is 22.7. The van der Waals surface area contributed by atoms with E-state index < -0.39 is 12.5 Å². The minimum atomic E-state index is -2.51. The molecule has 2 N–H and O–H groups in total. The molecule has 0 bridgehead atoms. The highest BCUT2D eigenvalue weighted by atomic mass is 19.3. The highest BCUT2D eigenvalue weighted by Crippen LogP contribution is 2.37. The maximum absolute atomic E-state index is 13.1. The van der Waals surface area contributed by atoms with Gasteiger partial charge in [-0.25, -0.2) is 13.8 Å². The summed E-state index contributed by atoms with van der Waals surface area (Å²) in [6.45, 7) is 11.3. The lowest BCUT2D eigenvalue weighted by atomic mass is 9.93. The first kappa shape index (κ1) is 27.0. The highest BCUT2D eigenvalue weighted by Gasteiger charge is 2.25. The molecule has 3 heterocycles. The Kier molecular flexibility index (Phi) is 8.26. The minimum Gasteiger partial charge on any atom is -0.393 e. The Hall–Kier alpha value is -2.62. The number of nitrogens with zero attached hydrogens (tertiary/aromatic N) is 5. The molecular formula is C29H40F2N6O. The predicted molar refractivity (Wildman–Crippen MR) is 148 cm³/mol. The van der Waals surface area contributed by atoms with E-state index >= 15 is 0 Å². The molecule has 9 heteroatoms. The van der Waals surface area contributed by atoms with Gasteiger partial charge in [-0.1, -0.05) is 24.3 Å². The minimum absolute atomic E-state index is 0.203. The highest BCUT2D eigenvalue weighted by molar-refractivity contribution is 5.94. The fraction of sp³-hybridized carbons (Fsp3) is 0.586. The summed E-state index contributed by atoms with van der Waals surface area (Å²) in [5, 5.41) is 13.7. The number of hydrogen-bond acceptors (Lipinski definition) is 6. The van der Waals surface area contributed by atoms with Gasteiger partial charge in [-0.2, -0.15) is 4.98 Å². The molecule has 1 aliphatic heterocycles. The zero-order chi connectivity index (χ0) is 26.8. The van der Waals surface area contributed by atoms with Crippen molar-refractivity contribution in [1.29, 1.82) is 0 Å². The van der Waals surface area contributed by atoms with E-state index in [-0.39, 0.29) is 18.1 Å². The molecule has 0 unspecified atom stereocenters. The van der Waals surface area contributed by atoms with Crippen LogP contribution in [0.2, 0.25) is 0 Å². The normalized spacial score (nSPS) is 22.4. The summed E-state index contributed by atoms with van der Waals surface area (Å²) in [4.78, 5) is 14.1. The first-order valence-corrected chi connectivity index (χ1v) is 13.9. The molecule has 1 saturated carbocycles. The van der Waals surface area contributed by atoms with Gasteiger partial charge < -0.3 is 15.0 Å². The number of piperazine rings is 1. The van der Waals surface area contributed by atoms with Crippen molar-refractivity contribution in [1.82, 2.24) is 24.3 Å². The van der Waals surface area contributed by atoms with Gasteiger partial charge in [0.2, 0.25) is 5.95 Å². The van der Waals surface area contributed by atoms with E-state index in [0.29, 0.717) is 6.04 Å². The molecule has 1 atom stereocenters. The molecule has 7 nitrogen and oxygen atoms in total. The lowest BCUT2D eigenvalue weighted by Gasteiger charge is -2.36. The monoisotopic (exact) mass is 526 g/mol. The fourth-order valence-corrected chi connectivity index (χ4v) is 5.70. The molecule has 2 aromatic heterocycles. The number of anilines is 1. The van der Waals surface area contributed by atoms with Crippen LogP contribution in [0.1, 0.15) is 58.1 Å². The van der Waals surface area contributed by atoms with Crippen molar-refractivity contribution in [3.8, 4) is 11.1 Å². The van der Waals surface area contributed by atoms with Crippen LogP contribution in [0.5, 0.6) is 0 Å². The van der Waals surface area contributed by atoms with E-state index in [1.807, 2.05) is 0 Å². The number of fused-ring (bicyclic) bond motifs is 1. The maximum Gasteiger partial charge on any atom is 0.258 e. The number of alkyl halides is 2. The summed E-state index contributed by atoms with van der Waals surface area (Å²) in [7, 11) is 0. The fourth-order valence-electron chi connectivity index (χ4n) is 5.70. The van der Waals surface area contributed by atoms with Crippen molar-refractivity contribution in [2.75, 3.05) is 31.5 Å². The van der Waals surface area contributed by atoms with Gasteiger partial charge in [0.25, 0.3) is 6.43 Å². The first-order valence-electron chi connectivity index (χ1n) is 13.9. The number of nitrogens with one attached hydrogen (secondary N) is 1. The van der Waals surface area contributed by atoms with Crippen molar-refractivity contribution in [2.24, 2.45) is 0 Å². The smallest absolute Gasteiger partial charge is 0.258 e. The molecule has 1 aliphatic carbocycles. The molecule has 38 heavy (non-hydrogen) atoms. The predicted octanol–water partition coefficient (Wildman–Crippen LogP) is 5.17. The Bertz CT molecular complexity index is 1200. The van der Waals surface area contributed by atoms with Crippen LogP contribution in [-0.4, -0.2) is 80.2 Å². The van der Waals surface area contributed by atoms with Gasteiger partial charge in [0.05, 0.1) is 12.1 Å². The van der Waals surface area contributed by atoms with Gasteiger partial charge >= 0.3 is 0 Å². The molecule has 1 aromatic carbocycles. The number of halogens is 2. The molecule has 5 rings (SSSR count). The number of aliphatic hydroxyl groups is 1. The van der Waals surface area contributed by atoms with Gasteiger partial charge in [-0.3, -0.25) is 9.80 Å². The number of aromatic nitrogens is 3. The second-order valence-electron chi connectivity index (χ2n) is 11.2. The number of hydrogen-bond donors (Lipinski definition) is 2. The van der Waals surface area contributed by atoms with Gasteiger partial charge in [-0.05, 0) is 57.6 Å². The van der Waals surface area contributed by atoms with Crippen LogP contribution in [0, 0.1) is 0 Å². The molecular weight excluding hydrogens is 486 g/mol. The molecule has 0 radical (unpaired) electrons. The largest absolute Gasteiger partial charge is 0.393 e. The second-order valence-corrected chi connectivity index (χ2v) is 11.2. The van der Waals surface area contributed by atoms with E-state index in [9.17, 15) is 13.9 Å². The van der Waals surface area contributed by atoms with E-state index in [4.69, 9.17) is 0 Å². The summed E-state index contributed by atoms with van der Waals surface area (Å²) in [6.07, 6.45) is 4.32. The summed E-state index contributed by atoms with van der Waals surface area (Å²) in [5.74, 6) is 0.208. The van der Waals surface area contributed by atoms with E-state index in [2.05, 4.69) is 74.0 Å². The molecule has 0 amide bonds. The Morgan fingerprint density at radius 2 is 1.68 bits per heavy atom. The number of rotatable bonds is 8. The third-order valence-electron chi connectivity index (χ3n) is 8.17. The van der Waals surface area contributed by atoms with Crippen LogP contribution < -0.4 is 5.32 Å². The molecule has 1 saturated heterocycles. The second kappa shape index (κ2) is 11.6. The number of aliphatic hydroxyl groups excluding tert-OH is 1. The SMILES string of the molecule is CC(C)N1CCN(Cc2ccc(-c3cn(C4CCC(O)CC4)c4nc(N[C@H](C)C(F)F)ncc34)cc2)CC1. The summed E-state index contributed by atoms with van der Waals surface area (Å²) in [6, 6.07) is 8.48. The Morgan fingerprint density at radius 1 is 1.00 bits per heavy atom. The quantitative estimate of drug-likeness (QED) is 0.422. The van der Waals surface area contributed by atoms with Crippen LogP contribution in [0.15, 0.2) is 36.7 Å². The standard InChI is InChI=1S/C29H40F2N6O/c1-19(2)36-14-12-35(13-15-36)17-21-4-6-22(7-5-21)26-18-37(23-8-10-24(38)11-9-23)28-25(26)16-32-29(34-28)33-20(3)27(30)31/h4-7,16,18-20,23-24,27,38H,8-15,17H2,1-3H3,(H,32,33,34)/t20-,23?,24?/m1/s1. The van der Waals surface area contributed by atoms with E-state index in [0.717, 1.165) is 80.6 Å². The average molecular weight is 527 g/mol. The lowest BCUT2D eigenvalue weighted by molar-refractivity contribution is 0.104.